The van der Waals surface area contributed by atoms with Gasteiger partial charge in [-0.05, 0) is 131 Å². The Morgan fingerprint density at radius 3 is 2.49 bits per heavy atom. The van der Waals surface area contributed by atoms with Gasteiger partial charge in [0.2, 0.25) is 0 Å². The number of fused-ring (bicyclic) bond motifs is 11. The lowest BCUT2D eigenvalue weighted by Gasteiger charge is -2.65. The molecule has 2 fully saturated rings. The number of ether oxygens (including phenoxy) is 2. The predicted octanol–water partition coefficient (Wildman–Crippen LogP) is 8.25. The topological polar surface area (TPSA) is 98.0 Å². The van der Waals surface area contributed by atoms with Crippen molar-refractivity contribution < 1.29 is 29.3 Å². The molecule has 9 rings (SSSR count). The average Bonchev–Trinajstić information content (AvgIpc) is 3.71. The van der Waals surface area contributed by atoms with Crippen LogP contribution in [0.25, 0.3) is 16.5 Å². The van der Waals surface area contributed by atoms with Gasteiger partial charge in [-0.1, -0.05) is 32.9 Å². The highest BCUT2D eigenvalue weighted by Gasteiger charge is 2.68. The van der Waals surface area contributed by atoms with Gasteiger partial charge in [-0.2, -0.15) is 0 Å². The van der Waals surface area contributed by atoms with E-state index in [0.717, 1.165) is 78.1 Å². The number of aliphatic hydroxyl groups excluding tert-OH is 2. The zero-order chi connectivity index (χ0) is 36.4. The van der Waals surface area contributed by atoms with E-state index >= 15 is 0 Å². The SMILES string of the molecule is C=C(C)[C@H]1C(=O)c2c3c(cc4c5c(n1c24)[C@@]1(C)C(CC[C@H]2[C@](C)(CCC4CC(=O)C=CO4)[C@@H](O)CC[C@@]21C)C5)C1=CC(C)(C)OC(C)(C)C1[C@@H]3O. The number of carbonyl (C=O) groups excluding carboxylic acids is 2. The highest BCUT2D eigenvalue weighted by molar-refractivity contribution is 6.18. The lowest BCUT2D eigenvalue weighted by atomic mass is 9.40. The number of Topliss-reactive ketones (excluding diaryl/α,β-unsaturated/α-hetero) is 1. The maximum absolute atomic E-state index is 14.9. The molecule has 7 heteroatoms. The molecule has 7 aliphatic rings. The third kappa shape index (κ3) is 4.12. The van der Waals surface area contributed by atoms with Gasteiger partial charge < -0.3 is 24.3 Å². The van der Waals surface area contributed by atoms with Crippen LogP contribution in [0.15, 0.2) is 36.6 Å². The molecule has 3 aliphatic heterocycles. The van der Waals surface area contributed by atoms with Crippen molar-refractivity contribution in [3.63, 3.8) is 0 Å². The highest BCUT2D eigenvalue weighted by atomic mass is 16.5. The zero-order valence-corrected chi connectivity index (χ0v) is 31.7. The molecule has 0 radical (unpaired) electrons. The second-order valence-corrected chi connectivity index (χ2v) is 19.2. The average molecular weight is 694 g/mol. The third-order valence-corrected chi connectivity index (χ3v) is 15.7. The Morgan fingerprint density at radius 2 is 1.78 bits per heavy atom. The normalized spacial score (nSPS) is 41.1. The summed E-state index contributed by atoms with van der Waals surface area (Å²) in [7, 11) is 0. The van der Waals surface area contributed by atoms with E-state index in [2.05, 4.69) is 71.8 Å². The minimum atomic E-state index is -0.845. The van der Waals surface area contributed by atoms with E-state index in [1.54, 1.807) is 0 Å². The number of aliphatic hydroxyl groups is 2. The molecule has 2 aromatic rings. The van der Waals surface area contributed by atoms with Crippen molar-refractivity contribution in [1.29, 1.82) is 0 Å². The minimum Gasteiger partial charge on any atom is -0.497 e. The number of benzene rings is 1. The van der Waals surface area contributed by atoms with Gasteiger partial charge in [-0.3, -0.25) is 9.59 Å². The first-order valence-corrected chi connectivity index (χ1v) is 19.4. The minimum absolute atomic E-state index is 0.0444. The molecule has 0 spiro atoms. The Bertz CT molecular complexity index is 2010. The van der Waals surface area contributed by atoms with E-state index in [9.17, 15) is 19.8 Å². The Kier molecular flexibility index (Phi) is 6.87. The van der Waals surface area contributed by atoms with E-state index in [1.807, 2.05) is 6.92 Å². The molecule has 2 saturated carbocycles. The van der Waals surface area contributed by atoms with Gasteiger partial charge >= 0.3 is 0 Å². The molecule has 1 aromatic carbocycles. The van der Waals surface area contributed by atoms with Crippen molar-refractivity contribution in [1.82, 2.24) is 4.57 Å². The molecule has 0 saturated heterocycles. The third-order valence-electron chi connectivity index (χ3n) is 15.7. The highest BCUT2D eigenvalue weighted by Crippen LogP contribution is 2.72. The van der Waals surface area contributed by atoms with E-state index in [0.29, 0.717) is 17.9 Å². The number of aromatic nitrogens is 1. The Labute approximate surface area is 302 Å². The molecule has 4 aliphatic carbocycles. The second kappa shape index (κ2) is 10.4. The maximum atomic E-state index is 14.9. The van der Waals surface area contributed by atoms with Crippen molar-refractivity contribution in [3.8, 4) is 0 Å². The van der Waals surface area contributed by atoms with E-state index in [4.69, 9.17) is 9.47 Å². The standard InChI is InChI=1S/C44H55NO6/c1-22(2)35-38(49)33-32-26(29-21-40(3,4)51-41(5,6)34(29)37(32)48)20-27-28-18-23-10-11-30-42(7,15-12-25-19-24(46)14-17-50-25)31(47)13-16-43(30,8)44(23,9)39(28)45(35)36(27)33/h14,17,20-21,23,25,30-31,34-35,37,47-48H,1,10-13,15-16,18-19H2,2-9H3/t23?,25?,30-,31-,34?,35-,37+,42-,43-,44+/m0/s1. The fourth-order valence-electron chi connectivity index (χ4n) is 13.5. The van der Waals surface area contributed by atoms with Crippen LogP contribution in [-0.2, 0) is 26.1 Å². The van der Waals surface area contributed by atoms with Crippen molar-refractivity contribution in [2.75, 3.05) is 0 Å². The Balaban J connectivity index is 1.22. The molecule has 0 amide bonds. The lowest BCUT2D eigenvalue weighted by Crippen LogP contribution is -2.62. The molecule has 10 atom stereocenters. The largest absolute Gasteiger partial charge is 0.497 e. The van der Waals surface area contributed by atoms with Crippen molar-refractivity contribution in [2.24, 2.45) is 28.6 Å². The van der Waals surface area contributed by atoms with Crippen molar-refractivity contribution >= 4 is 28.0 Å². The molecule has 2 N–H and O–H groups in total. The summed E-state index contributed by atoms with van der Waals surface area (Å²) in [6, 6.07) is 1.80. The number of allylic oxidation sites excluding steroid dienone is 2. The zero-order valence-electron chi connectivity index (χ0n) is 31.7. The fourth-order valence-corrected chi connectivity index (χ4v) is 13.5. The van der Waals surface area contributed by atoms with Crippen LogP contribution in [0.3, 0.4) is 0 Å². The van der Waals surface area contributed by atoms with E-state index in [-0.39, 0.29) is 45.8 Å². The first-order chi connectivity index (χ1) is 23.9. The van der Waals surface area contributed by atoms with Crippen LogP contribution in [0.1, 0.15) is 145 Å². The summed E-state index contributed by atoms with van der Waals surface area (Å²) in [5.74, 6) is 0.554. The van der Waals surface area contributed by atoms with Gasteiger partial charge in [-0.25, -0.2) is 0 Å². The summed E-state index contributed by atoms with van der Waals surface area (Å²) in [6.07, 6.45) is 10.4. The van der Waals surface area contributed by atoms with Crippen LogP contribution < -0.4 is 0 Å². The summed E-state index contributed by atoms with van der Waals surface area (Å²) in [4.78, 5) is 27.1. The van der Waals surface area contributed by atoms with Crippen molar-refractivity contribution in [2.45, 2.75) is 148 Å². The van der Waals surface area contributed by atoms with Crippen LogP contribution in [0.4, 0.5) is 0 Å². The number of ketones is 2. The predicted molar refractivity (Wildman–Crippen MR) is 197 cm³/mol. The van der Waals surface area contributed by atoms with Gasteiger partial charge in [0.1, 0.15) is 12.1 Å². The lowest BCUT2D eigenvalue weighted by molar-refractivity contribution is -0.169. The molecular weight excluding hydrogens is 638 g/mol. The fraction of sp³-hybridized carbons (Fsp3) is 0.636. The van der Waals surface area contributed by atoms with Crippen LogP contribution in [0, 0.1) is 28.6 Å². The number of rotatable bonds is 4. The van der Waals surface area contributed by atoms with Crippen LogP contribution >= 0.6 is 0 Å². The summed E-state index contributed by atoms with van der Waals surface area (Å²) < 4.78 is 14.8. The van der Waals surface area contributed by atoms with Gasteiger partial charge in [-0.15, -0.1) is 0 Å². The Hall–Kier alpha value is -3.00. The molecule has 1 aromatic heterocycles. The molecule has 7 nitrogen and oxygen atoms in total. The number of hydrogen-bond donors (Lipinski definition) is 2. The van der Waals surface area contributed by atoms with E-state index in [1.165, 1.54) is 23.6 Å². The first-order valence-electron chi connectivity index (χ1n) is 19.4. The summed E-state index contributed by atoms with van der Waals surface area (Å²) >= 11 is 0. The van der Waals surface area contributed by atoms with Crippen molar-refractivity contribution in [3.05, 3.63) is 64.6 Å². The number of hydrogen-bond acceptors (Lipinski definition) is 6. The summed E-state index contributed by atoms with van der Waals surface area (Å²) in [5, 5.41) is 25.2. The molecule has 0 bridgehead atoms. The van der Waals surface area contributed by atoms with E-state index < -0.39 is 29.5 Å². The van der Waals surface area contributed by atoms with Crippen LogP contribution in [-0.4, -0.2) is 49.8 Å². The summed E-state index contributed by atoms with van der Waals surface area (Å²) in [6.45, 7) is 21.9. The smallest absolute Gasteiger partial charge is 0.192 e. The quantitative estimate of drug-likeness (QED) is 0.313. The monoisotopic (exact) mass is 693 g/mol. The molecule has 3 unspecified atom stereocenters. The van der Waals surface area contributed by atoms with Gasteiger partial charge in [0.15, 0.2) is 11.6 Å². The Morgan fingerprint density at radius 1 is 1.04 bits per heavy atom. The molecule has 51 heavy (non-hydrogen) atoms. The molecule has 4 heterocycles. The first kappa shape index (κ1) is 33.8. The number of carbonyl (C=O) groups is 2. The van der Waals surface area contributed by atoms with Gasteiger partial charge in [0.25, 0.3) is 0 Å². The summed E-state index contributed by atoms with van der Waals surface area (Å²) in [5.41, 5.74) is 6.15. The molecule has 272 valence electrons. The number of nitrogens with zero attached hydrogens (tertiary/aromatic N) is 1. The van der Waals surface area contributed by atoms with Gasteiger partial charge in [0.05, 0.1) is 40.8 Å². The van der Waals surface area contributed by atoms with Crippen LogP contribution in [0.5, 0.6) is 0 Å². The second-order valence-electron chi connectivity index (χ2n) is 19.2. The van der Waals surface area contributed by atoms with Gasteiger partial charge in [0, 0.05) is 40.5 Å². The van der Waals surface area contributed by atoms with Crippen LogP contribution in [0.2, 0.25) is 0 Å². The maximum Gasteiger partial charge on any atom is 0.192 e. The molecular formula is C44H55NO6.